The number of esters is 1. The molecule has 2 rings (SSSR count). The molecule has 0 radical (unpaired) electrons. The van der Waals surface area contributed by atoms with Crippen LogP contribution in [0.3, 0.4) is 0 Å². The molecule has 0 aliphatic heterocycles. The number of nitrogens with one attached hydrogen (secondary N) is 1. The number of aryl methyl sites for hydroxylation is 1. The lowest BCUT2D eigenvalue weighted by Gasteiger charge is -2.14. The number of carbonyl (C=O) groups is 2. The molecule has 0 fully saturated rings. The quantitative estimate of drug-likeness (QED) is 0.525. The van der Waals surface area contributed by atoms with Crippen molar-refractivity contribution in [1.29, 1.82) is 0 Å². The highest BCUT2D eigenvalue weighted by Crippen LogP contribution is 2.20. The van der Waals surface area contributed by atoms with Gasteiger partial charge in [0.15, 0.2) is 6.10 Å². The SMILES string of the molecule is Cc1ccc(Cl)cc1NC(=O)[C@H](C)OC(=O)/C=C/c1ccc(OC(F)F)cc1. The summed E-state index contributed by atoms with van der Waals surface area (Å²) >= 11 is 5.91. The molecule has 0 bridgehead atoms. The number of halogens is 3. The topological polar surface area (TPSA) is 64.6 Å². The van der Waals surface area contributed by atoms with Gasteiger partial charge in [-0.1, -0.05) is 29.8 Å². The minimum absolute atomic E-state index is 0.0105. The van der Waals surface area contributed by atoms with Crippen LogP contribution in [0.2, 0.25) is 5.02 Å². The van der Waals surface area contributed by atoms with E-state index in [4.69, 9.17) is 16.3 Å². The molecule has 1 amide bonds. The van der Waals surface area contributed by atoms with Crippen LogP contribution < -0.4 is 10.1 Å². The molecule has 0 aliphatic carbocycles. The van der Waals surface area contributed by atoms with Gasteiger partial charge in [0.25, 0.3) is 5.91 Å². The molecule has 2 aromatic rings. The molecule has 28 heavy (non-hydrogen) atoms. The van der Waals surface area contributed by atoms with Crippen molar-refractivity contribution in [2.75, 3.05) is 5.32 Å². The van der Waals surface area contributed by atoms with Gasteiger partial charge in [-0.3, -0.25) is 4.79 Å². The third-order valence-electron chi connectivity index (χ3n) is 3.64. The fraction of sp³-hybridized carbons (Fsp3) is 0.200. The summed E-state index contributed by atoms with van der Waals surface area (Å²) in [4.78, 5) is 24.1. The van der Waals surface area contributed by atoms with Crippen LogP contribution in [0.5, 0.6) is 5.75 Å². The van der Waals surface area contributed by atoms with E-state index in [1.807, 2.05) is 6.92 Å². The first-order valence-electron chi connectivity index (χ1n) is 8.25. The number of hydrogen-bond donors (Lipinski definition) is 1. The van der Waals surface area contributed by atoms with Gasteiger partial charge < -0.3 is 14.8 Å². The zero-order chi connectivity index (χ0) is 20.7. The van der Waals surface area contributed by atoms with Gasteiger partial charge in [-0.15, -0.1) is 0 Å². The maximum Gasteiger partial charge on any atom is 0.387 e. The zero-order valence-electron chi connectivity index (χ0n) is 15.1. The summed E-state index contributed by atoms with van der Waals surface area (Å²) in [5.74, 6) is -1.21. The average molecular weight is 410 g/mol. The predicted octanol–water partition coefficient (Wildman–Crippen LogP) is 4.83. The monoisotopic (exact) mass is 409 g/mol. The van der Waals surface area contributed by atoms with Crippen molar-refractivity contribution < 1.29 is 27.8 Å². The molecule has 8 heteroatoms. The molecule has 0 spiro atoms. The third-order valence-corrected chi connectivity index (χ3v) is 3.87. The summed E-state index contributed by atoms with van der Waals surface area (Å²) in [7, 11) is 0. The smallest absolute Gasteiger partial charge is 0.387 e. The first-order chi connectivity index (χ1) is 13.2. The Morgan fingerprint density at radius 3 is 2.46 bits per heavy atom. The molecule has 0 saturated carbocycles. The maximum atomic E-state index is 12.2. The number of benzene rings is 2. The van der Waals surface area contributed by atoms with Crippen molar-refractivity contribution in [2.45, 2.75) is 26.6 Å². The minimum Gasteiger partial charge on any atom is -0.449 e. The molecule has 1 atom stereocenters. The summed E-state index contributed by atoms with van der Waals surface area (Å²) < 4.78 is 33.5. The van der Waals surface area contributed by atoms with Crippen molar-refractivity contribution in [3.8, 4) is 5.75 Å². The maximum absolute atomic E-state index is 12.2. The Bertz CT molecular complexity index is 869. The summed E-state index contributed by atoms with van der Waals surface area (Å²) in [6, 6.07) is 10.8. The number of alkyl halides is 2. The van der Waals surface area contributed by atoms with Crippen LogP contribution in [-0.4, -0.2) is 24.6 Å². The molecule has 0 aliphatic rings. The van der Waals surface area contributed by atoms with Gasteiger partial charge in [0.05, 0.1) is 0 Å². The Morgan fingerprint density at radius 2 is 1.82 bits per heavy atom. The number of anilines is 1. The summed E-state index contributed by atoms with van der Waals surface area (Å²) in [6.45, 7) is 0.347. The van der Waals surface area contributed by atoms with E-state index in [1.54, 1.807) is 18.2 Å². The van der Waals surface area contributed by atoms with Gasteiger partial charge in [-0.2, -0.15) is 8.78 Å². The minimum atomic E-state index is -2.90. The van der Waals surface area contributed by atoms with Crippen LogP contribution in [-0.2, 0) is 14.3 Å². The lowest BCUT2D eigenvalue weighted by molar-refractivity contribution is -0.148. The van der Waals surface area contributed by atoms with Gasteiger partial charge in [-0.05, 0) is 55.3 Å². The first kappa shape index (κ1) is 21.4. The highest BCUT2D eigenvalue weighted by Gasteiger charge is 2.17. The highest BCUT2D eigenvalue weighted by molar-refractivity contribution is 6.31. The van der Waals surface area contributed by atoms with E-state index in [1.165, 1.54) is 37.3 Å². The molecule has 5 nitrogen and oxygen atoms in total. The van der Waals surface area contributed by atoms with E-state index in [-0.39, 0.29) is 5.75 Å². The summed E-state index contributed by atoms with van der Waals surface area (Å²) in [6.07, 6.45) is 1.54. The van der Waals surface area contributed by atoms with Crippen molar-refractivity contribution >= 4 is 35.2 Å². The summed E-state index contributed by atoms with van der Waals surface area (Å²) in [5, 5.41) is 3.12. The lowest BCUT2D eigenvalue weighted by Crippen LogP contribution is -2.29. The highest BCUT2D eigenvalue weighted by atomic mass is 35.5. The Kier molecular flexibility index (Phi) is 7.52. The standard InChI is InChI=1S/C20H18ClF2NO4/c1-12-3-7-15(21)11-17(12)24-19(26)13(2)27-18(25)10-6-14-4-8-16(9-5-14)28-20(22)23/h3-11,13,20H,1-2H3,(H,24,26)/b10-6+/t13-/m0/s1. The van der Waals surface area contributed by atoms with E-state index >= 15 is 0 Å². The fourth-order valence-electron chi connectivity index (χ4n) is 2.15. The Morgan fingerprint density at radius 1 is 1.14 bits per heavy atom. The molecule has 0 unspecified atom stereocenters. The van der Waals surface area contributed by atoms with Crippen molar-refractivity contribution in [2.24, 2.45) is 0 Å². The fourth-order valence-corrected chi connectivity index (χ4v) is 2.33. The molecule has 2 aromatic carbocycles. The lowest BCUT2D eigenvalue weighted by atomic mass is 10.2. The van der Waals surface area contributed by atoms with Crippen molar-refractivity contribution in [3.05, 3.63) is 64.7 Å². The second-order valence-electron chi connectivity index (χ2n) is 5.81. The average Bonchev–Trinajstić information content (AvgIpc) is 2.63. The van der Waals surface area contributed by atoms with Crippen LogP contribution in [0.25, 0.3) is 6.08 Å². The van der Waals surface area contributed by atoms with E-state index < -0.39 is 24.6 Å². The zero-order valence-corrected chi connectivity index (χ0v) is 15.9. The molecule has 148 valence electrons. The van der Waals surface area contributed by atoms with Gasteiger partial charge in [-0.25, -0.2) is 4.79 Å². The number of rotatable bonds is 7. The summed E-state index contributed by atoms with van der Waals surface area (Å²) in [5.41, 5.74) is 1.92. The van der Waals surface area contributed by atoms with Gasteiger partial charge in [0.2, 0.25) is 0 Å². The van der Waals surface area contributed by atoms with Crippen molar-refractivity contribution in [1.82, 2.24) is 0 Å². The predicted molar refractivity (Wildman–Crippen MR) is 102 cm³/mol. The molecular formula is C20H18ClF2NO4. The molecular weight excluding hydrogens is 392 g/mol. The van der Waals surface area contributed by atoms with E-state index in [0.717, 1.165) is 11.6 Å². The van der Waals surface area contributed by atoms with E-state index in [9.17, 15) is 18.4 Å². The van der Waals surface area contributed by atoms with Crippen LogP contribution in [0.15, 0.2) is 48.5 Å². The second-order valence-corrected chi connectivity index (χ2v) is 6.24. The molecule has 0 aromatic heterocycles. The molecule has 0 saturated heterocycles. The van der Waals surface area contributed by atoms with Gasteiger partial charge in [0, 0.05) is 16.8 Å². The van der Waals surface area contributed by atoms with Crippen LogP contribution in [0.4, 0.5) is 14.5 Å². The van der Waals surface area contributed by atoms with Crippen LogP contribution >= 0.6 is 11.6 Å². The van der Waals surface area contributed by atoms with Crippen molar-refractivity contribution in [3.63, 3.8) is 0 Å². The Hall–Kier alpha value is -2.93. The van der Waals surface area contributed by atoms with Crippen LogP contribution in [0, 0.1) is 6.92 Å². The first-order valence-corrected chi connectivity index (χ1v) is 8.63. The van der Waals surface area contributed by atoms with E-state index in [0.29, 0.717) is 16.3 Å². The number of hydrogen-bond acceptors (Lipinski definition) is 4. The Balaban J connectivity index is 1.89. The van der Waals surface area contributed by atoms with Crippen LogP contribution in [0.1, 0.15) is 18.1 Å². The molecule has 0 heterocycles. The van der Waals surface area contributed by atoms with Gasteiger partial charge in [0.1, 0.15) is 5.75 Å². The Labute approximate surface area is 165 Å². The largest absolute Gasteiger partial charge is 0.449 e. The number of ether oxygens (including phenoxy) is 2. The van der Waals surface area contributed by atoms with Gasteiger partial charge >= 0.3 is 12.6 Å². The molecule has 1 N–H and O–H groups in total. The number of carbonyl (C=O) groups excluding carboxylic acids is 2. The number of amides is 1. The third kappa shape index (κ3) is 6.66. The second kappa shape index (κ2) is 9.85. The van der Waals surface area contributed by atoms with E-state index in [2.05, 4.69) is 10.1 Å². The normalized spacial score (nSPS) is 12.1.